The van der Waals surface area contributed by atoms with E-state index in [2.05, 4.69) is 20.7 Å². The zero-order valence-corrected chi connectivity index (χ0v) is 13.1. The third-order valence-corrected chi connectivity index (χ3v) is 5.80. The maximum absolute atomic E-state index is 12.2. The van der Waals surface area contributed by atoms with E-state index in [9.17, 15) is 13.2 Å². The highest BCUT2D eigenvalue weighted by atomic mass is 79.9. The number of hydrogen-bond donors (Lipinski definition) is 2. The molecule has 0 amide bonds. The molecular formula is C11H11BrClNO4S. The number of sulfonamides is 1. The first-order chi connectivity index (χ1) is 8.65. The van der Waals surface area contributed by atoms with Gasteiger partial charge in [-0.05, 0) is 47.8 Å². The van der Waals surface area contributed by atoms with Crippen molar-refractivity contribution in [3.8, 4) is 0 Å². The van der Waals surface area contributed by atoms with Crippen LogP contribution in [0.15, 0.2) is 21.5 Å². The lowest BCUT2D eigenvalue weighted by Gasteiger charge is -2.13. The molecule has 19 heavy (non-hydrogen) atoms. The van der Waals surface area contributed by atoms with E-state index in [-0.39, 0.29) is 20.0 Å². The van der Waals surface area contributed by atoms with Gasteiger partial charge in [-0.1, -0.05) is 11.6 Å². The highest BCUT2D eigenvalue weighted by molar-refractivity contribution is 9.10. The molecule has 0 heterocycles. The SMILES string of the molecule is CC1(NS(=O)(=O)c2cc(Br)c(Cl)c(C(=O)O)c2)CC1. The van der Waals surface area contributed by atoms with Gasteiger partial charge < -0.3 is 5.11 Å². The van der Waals surface area contributed by atoms with Crippen molar-refractivity contribution in [1.29, 1.82) is 0 Å². The van der Waals surface area contributed by atoms with Crippen LogP contribution < -0.4 is 4.72 Å². The Labute approximate surface area is 124 Å². The third-order valence-electron chi connectivity index (χ3n) is 2.92. The van der Waals surface area contributed by atoms with Gasteiger partial charge in [0.25, 0.3) is 0 Å². The fourth-order valence-electron chi connectivity index (χ4n) is 1.55. The van der Waals surface area contributed by atoms with Crippen molar-refractivity contribution in [2.45, 2.75) is 30.2 Å². The van der Waals surface area contributed by atoms with Crippen molar-refractivity contribution >= 4 is 43.5 Å². The van der Waals surface area contributed by atoms with Crippen LogP contribution in [0.25, 0.3) is 0 Å². The summed E-state index contributed by atoms with van der Waals surface area (Å²) in [5, 5.41) is 8.98. The van der Waals surface area contributed by atoms with Gasteiger partial charge in [-0.25, -0.2) is 17.9 Å². The van der Waals surface area contributed by atoms with Gasteiger partial charge in [-0.15, -0.1) is 0 Å². The van der Waals surface area contributed by atoms with E-state index in [1.807, 2.05) is 0 Å². The molecule has 1 saturated carbocycles. The van der Waals surface area contributed by atoms with Crippen LogP contribution in [0.4, 0.5) is 0 Å². The molecule has 0 bridgehead atoms. The Bertz CT molecular complexity index is 655. The number of carboxylic acids is 1. The molecule has 0 unspecified atom stereocenters. The molecule has 0 atom stereocenters. The fraction of sp³-hybridized carbons (Fsp3) is 0.364. The molecule has 104 valence electrons. The molecule has 1 aliphatic carbocycles. The highest BCUT2D eigenvalue weighted by Gasteiger charge is 2.41. The predicted molar refractivity (Wildman–Crippen MR) is 74.1 cm³/mol. The van der Waals surface area contributed by atoms with Crippen LogP contribution in [-0.2, 0) is 10.0 Å². The van der Waals surface area contributed by atoms with Crippen molar-refractivity contribution in [3.63, 3.8) is 0 Å². The van der Waals surface area contributed by atoms with Crippen molar-refractivity contribution in [3.05, 3.63) is 27.2 Å². The van der Waals surface area contributed by atoms with Crippen LogP contribution in [0.2, 0.25) is 5.02 Å². The molecule has 2 N–H and O–H groups in total. The van der Waals surface area contributed by atoms with Gasteiger partial charge in [0.2, 0.25) is 10.0 Å². The molecular weight excluding hydrogens is 358 g/mol. The number of benzene rings is 1. The van der Waals surface area contributed by atoms with Gasteiger partial charge in [0, 0.05) is 10.0 Å². The smallest absolute Gasteiger partial charge is 0.337 e. The van der Waals surface area contributed by atoms with E-state index < -0.39 is 21.5 Å². The van der Waals surface area contributed by atoms with Gasteiger partial charge in [0.05, 0.1) is 15.5 Å². The van der Waals surface area contributed by atoms with Crippen LogP contribution in [0.3, 0.4) is 0 Å². The minimum Gasteiger partial charge on any atom is -0.478 e. The molecule has 0 aromatic heterocycles. The van der Waals surface area contributed by atoms with Crippen LogP contribution in [0, 0.1) is 0 Å². The van der Waals surface area contributed by atoms with Crippen LogP contribution in [0.5, 0.6) is 0 Å². The predicted octanol–water partition coefficient (Wildman–Crippen LogP) is 2.63. The monoisotopic (exact) mass is 367 g/mol. The van der Waals surface area contributed by atoms with Gasteiger partial charge in [-0.3, -0.25) is 0 Å². The second kappa shape index (κ2) is 4.73. The summed E-state index contributed by atoms with van der Waals surface area (Å²) in [6.45, 7) is 1.80. The van der Waals surface area contributed by atoms with E-state index >= 15 is 0 Å². The molecule has 0 aliphatic heterocycles. The zero-order valence-electron chi connectivity index (χ0n) is 9.91. The molecule has 1 fully saturated rings. The first kappa shape index (κ1) is 14.8. The highest BCUT2D eigenvalue weighted by Crippen LogP contribution is 2.37. The second-order valence-corrected chi connectivity index (χ2v) is 7.65. The number of nitrogens with one attached hydrogen (secondary N) is 1. The molecule has 1 aromatic carbocycles. The topological polar surface area (TPSA) is 83.5 Å². The second-order valence-electron chi connectivity index (χ2n) is 4.74. The van der Waals surface area contributed by atoms with Crippen LogP contribution >= 0.6 is 27.5 Å². The zero-order chi connectivity index (χ0) is 14.4. The summed E-state index contributed by atoms with van der Waals surface area (Å²) in [7, 11) is -3.75. The molecule has 1 aliphatic rings. The lowest BCUT2D eigenvalue weighted by Crippen LogP contribution is -2.34. The van der Waals surface area contributed by atoms with Crippen molar-refractivity contribution in [1.82, 2.24) is 4.72 Å². The first-order valence-corrected chi connectivity index (χ1v) is 8.06. The Hall–Kier alpha value is -0.630. The average Bonchev–Trinajstić information content (AvgIpc) is 2.98. The normalized spacial score (nSPS) is 17.2. The van der Waals surface area contributed by atoms with Crippen molar-refractivity contribution < 1.29 is 18.3 Å². The van der Waals surface area contributed by atoms with E-state index in [1.54, 1.807) is 6.92 Å². The average molecular weight is 369 g/mol. The van der Waals surface area contributed by atoms with E-state index in [4.69, 9.17) is 16.7 Å². The van der Waals surface area contributed by atoms with Gasteiger partial charge in [-0.2, -0.15) is 0 Å². The number of rotatable bonds is 4. The standard InChI is InChI=1S/C11H11BrClNO4S/c1-11(2-3-11)14-19(17,18)6-4-7(10(15)16)9(13)8(12)5-6/h4-5,14H,2-3H2,1H3,(H,15,16). The minimum absolute atomic E-state index is 0.0240. The molecule has 5 nitrogen and oxygen atoms in total. The summed E-state index contributed by atoms with van der Waals surface area (Å²) >= 11 is 8.88. The number of carbonyl (C=O) groups is 1. The molecule has 0 saturated heterocycles. The number of carboxylic acid groups (broad SMARTS) is 1. The fourth-order valence-corrected chi connectivity index (χ4v) is 3.87. The van der Waals surface area contributed by atoms with Crippen molar-refractivity contribution in [2.75, 3.05) is 0 Å². The first-order valence-electron chi connectivity index (χ1n) is 5.41. The minimum atomic E-state index is -3.75. The van der Waals surface area contributed by atoms with Gasteiger partial charge in [0.15, 0.2) is 0 Å². The molecule has 2 rings (SSSR count). The lowest BCUT2D eigenvalue weighted by atomic mass is 10.2. The number of aromatic carboxylic acids is 1. The number of halogens is 2. The van der Waals surface area contributed by atoms with E-state index in [0.29, 0.717) is 0 Å². The Kier molecular flexibility index (Phi) is 3.68. The summed E-state index contributed by atoms with van der Waals surface area (Å²) in [4.78, 5) is 10.9. The quantitative estimate of drug-likeness (QED) is 0.856. The molecule has 0 radical (unpaired) electrons. The summed E-state index contributed by atoms with van der Waals surface area (Å²) in [6.07, 6.45) is 1.54. The van der Waals surface area contributed by atoms with E-state index in [0.717, 1.165) is 18.9 Å². The Morgan fingerprint density at radius 1 is 1.47 bits per heavy atom. The number of hydrogen-bond acceptors (Lipinski definition) is 3. The molecule has 0 spiro atoms. The molecule has 1 aromatic rings. The third kappa shape index (κ3) is 3.10. The van der Waals surface area contributed by atoms with Gasteiger partial charge in [0.1, 0.15) is 0 Å². The van der Waals surface area contributed by atoms with E-state index in [1.165, 1.54) is 6.07 Å². The summed E-state index contributed by atoms with van der Waals surface area (Å²) in [6, 6.07) is 2.35. The largest absolute Gasteiger partial charge is 0.478 e. The summed E-state index contributed by atoms with van der Waals surface area (Å²) < 4.78 is 27.1. The summed E-state index contributed by atoms with van der Waals surface area (Å²) in [5.41, 5.74) is -0.675. The maximum Gasteiger partial charge on any atom is 0.337 e. The Morgan fingerprint density at radius 3 is 2.53 bits per heavy atom. The van der Waals surface area contributed by atoms with Gasteiger partial charge >= 0.3 is 5.97 Å². The Morgan fingerprint density at radius 2 is 2.05 bits per heavy atom. The maximum atomic E-state index is 12.2. The van der Waals surface area contributed by atoms with Crippen LogP contribution in [0.1, 0.15) is 30.1 Å². The Balaban J connectivity index is 2.48. The lowest BCUT2D eigenvalue weighted by molar-refractivity contribution is 0.0696. The van der Waals surface area contributed by atoms with Crippen molar-refractivity contribution in [2.24, 2.45) is 0 Å². The summed E-state index contributed by atoms with van der Waals surface area (Å²) in [5.74, 6) is -1.28. The molecule has 8 heteroatoms. The van der Waals surface area contributed by atoms with Crippen LogP contribution in [-0.4, -0.2) is 25.0 Å².